The van der Waals surface area contributed by atoms with E-state index in [1.165, 1.54) is 4.90 Å². The lowest BCUT2D eigenvalue weighted by Gasteiger charge is -2.33. The van der Waals surface area contributed by atoms with Crippen LogP contribution in [0.15, 0.2) is 54.2 Å². The lowest BCUT2D eigenvalue weighted by atomic mass is 9.97. The fourth-order valence-corrected chi connectivity index (χ4v) is 4.23. The van der Waals surface area contributed by atoms with Crippen molar-refractivity contribution in [2.24, 2.45) is 5.92 Å². The molecule has 2 aromatic rings. The Balaban J connectivity index is 1.86. The SMILES string of the molecule is COc1ccccc1C1=C(N2CCCC(C)C2)C(=O)N(c2ccc(C)cc2)C1=O. The molecule has 4 rings (SSSR count). The number of carbonyl (C=O) groups is 2. The number of para-hydroxylation sites is 1. The summed E-state index contributed by atoms with van der Waals surface area (Å²) >= 11 is 0. The lowest BCUT2D eigenvalue weighted by Crippen LogP contribution is -2.39. The van der Waals surface area contributed by atoms with Gasteiger partial charge in [0, 0.05) is 18.7 Å². The number of amides is 2. The van der Waals surface area contributed by atoms with Crippen LogP contribution < -0.4 is 9.64 Å². The molecule has 0 saturated carbocycles. The highest BCUT2D eigenvalue weighted by molar-refractivity contribution is 6.45. The average Bonchev–Trinajstić information content (AvgIpc) is 2.99. The predicted molar refractivity (Wildman–Crippen MR) is 114 cm³/mol. The number of nitrogens with zero attached hydrogens (tertiary/aromatic N) is 2. The zero-order valence-electron chi connectivity index (χ0n) is 17.1. The summed E-state index contributed by atoms with van der Waals surface area (Å²) in [5.41, 5.74) is 3.26. The first-order chi connectivity index (χ1) is 14.0. The van der Waals surface area contributed by atoms with Crippen LogP contribution in [-0.2, 0) is 9.59 Å². The van der Waals surface area contributed by atoms with Crippen molar-refractivity contribution in [1.29, 1.82) is 0 Å². The number of imide groups is 1. The molecule has 0 N–H and O–H groups in total. The molecule has 29 heavy (non-hydrogen) atoms. The number of rotatable bonds is 4. The van der Waals surface area contributed by atoms with E-state index < -0.39 is 0 Å². The van der Waals surface area contributed by atoms with Crippen LogP contribution in [0.25, 0.3) is 5.57 Å². The number of likely N-dealkylation sites (tertiary alicyclic amines) is 1. The van der Waals surface area contributed by atoms with Gasteiger partial charge in [0.05, 0.1) is 18.4 Å². The second-order valence-corrected chi connectivity index (χ2v) is 7.90. The molecule has 2 aromatic carbocycles. The third-order valence-electron chi connectivity index (χ3n) is 5.70. The summed E-state index contributed by atoms with van der Waals surface area (Å²) in [7, 11) is 1.58. The van der Waals surface area contributed by atoms with E-state index in [4.69, 9.17) is 4.74 Å². The van der Waals surface area contributed by atoms with Gasteiger partial charge < -0.3 is 9.64 Å². The van der Waals surface area contributed by atoms with Crippen LogP contribution in [0.3, 0.4) is 0 Å². The molecule has 0 aliphatic carbocycles. The first-order valence-electron chi connectivity index (χ1n) is 10.1. The van der Waals surface area contributed by atoms with E-state index in [1.807, 2.05) is 55.5 Å². The van der Waals surface area contributed by atoms with Gasteiger partial charge in [-0.3, -0.25) is 9.59 Å². The molecule has 0 radical (unpaired) electrons. The number of hydrogen-bond donors (Lipinski definition) is 0. The summed E-state index contributed by atoms with van der Waals surface area (Å²) in [5, 5.41) is 0. The Bertz CT molecular complexity index is 978. The monoisotopic (exact) mass is 390 g/mol. The van der Waals surface area contributed by atoms with Gasteiger partial charge in [0.1, 0.15) is 11.4 Å². The Hall–Kier alpha value is -3.08. The van der Waals surface area contributed by atoms with E-state index in [-0.39, 0.29) is 11.8 Å². The fourth-order valence-electron chi connectivity index (χ4n) is 4.23. The highest BCUT2D eigenvalue weighted by Gasteiger charge is 2.43. The first-order valence-corrected chi connectivity index (χ1v) is 10.1. The van der Waals surface area contributed by atoms with Crippen molar-refractivity contribution >= 4 is 23.1 Å². The normalized spacial score (nSPS) is 19.9. The van der Waals surface area contributed by atoms with E-state index >= 15 is 0 Å². The lowest BCUT2D eigenvalue weighted by molar-refractivity contribution is -0.120. The van der Waals surface area contributed by atoms with Gasteiger partial charge in [0.2, 0.25) is 0 Å². The summed E-state index contributed by atoms with van der Waals surface area (Å²) in [4.78, 5) is 30.5. The Kier molecular flexibility index (Phi) is 5.14. The number of aryl methyl sites for hydroxylation is 1. The number of piperidine rings is 1. The van der Waals surface area contributed by atoms with Crippen LogP contribution in [0, 0.1) is 12.8 Å². The number of anilines is 1. The fraction of sp³-hybridized carbons (Fsp3) is 0.333. The molecule has 2 aliphatic heterocycles. The number of benzene rings is 2. The van der Waals surface area contributed by atoms with Crippen molar-refractivity contribution < 1.29 is 14.3 Å². The van der Waals surface area contributed by atoms with Crippen LogP contribution in [0.1, 0.15) is 30.9 Å². The maximum atomic E-state index is 13.6. The van der Waals surface area contributed by atoms with Crippen LogP contribution in [0.2, 0.25) is 0 Å². The van der Waals surface area contributed by atoms with Gasteiger partial charge in [0.15, 0.2) is 0 Å². The van der Waals surface area contributed by atoms with Crippen molar-refractivity contribution in [3.05, 3.63) is 65.4 Å². The van der Waals surface area contributed by atoms with E-state index in [0.29, 0.717) is 34.2 Å². The zero-order chi connectivity index (χ0) is 20.5. The van der Waals surface area contributed by atoms with Gasteiger partial charge in [0.25, 0.3) is 11.8 Å². The molecule has 1 saturated heterocycles. The third-order valence-corrected chi connectivity index (χ3v) is 5.70. The van der Waals surface area contributed by atoms with Crippen LogP contribution in [-0.4, -0.2) is 36.9 Å². The first kappa shape index (κ1) is 19.2. The summed E-state index contributed by atoms with van der Waals surface area (Å²) in [6.07, 6.45) is 2.15. The largest absolute Gasteiger partial charge is 0.496 e. The van der Waals surface area contributed by atoms with Gasteiger partial charge in [-0.2, -0.15) is 0 Å². The number of ether oxygens (including phenoxy) is 1. The quantitative estimate of drug-likeness (QED) is 0.740. The summed E-state index contributed by atoms with van der Waals surface area (Å²) in [6.45, 7) is 5.72. The van der Waals surface area contributed by atoms with Crippen molar-refractivity contribution in [2.45, 2.75) is 26.7 Å². The van der Waals surface area contributed by atoms with Crippen LogP contribution in [0.4, 0.5) is 5.69 Å². The molecule has 5 nitrogen and oxygen atoms in total. The number of carbonyl (C=O) groups excluding carboxylic acids is 2. The van der Waals surface area contributed by atoms with Crippen molar-refractivity contribution in [2.75, 3.05) is 25.1 Å². The molecular weight excluding hydrogens is 364 g/mol. The molecular formula is C24H26N2O3. The van der Waals surface area contributed by atoms with Gasteiger partial charge in [-0.1, -0.05) is 42.8 Å². The Labute approximate surface area is 171 Å². The number of hydrogen-bond acceptors (Lipinski definition) is 4. The molecule has 1 unspecified atom stereocenters. The van der Waals surface area contributed by atoms with Gasteiger partial charge in [-0.25, -0.2) is 4.90 Å². The molecule has 0 bridgehead atoms. The third kappa shape index (κ3) is 3.41. The molecule has 2 aliphatic rings. The second kappa shape index (κ2) is 7.74. The van der Waals surface area contributed by atoms with Crippen LogP contribution in [0.5, 0.6) is 5.75 Å². The highest BCUT2D eigenvalue weighted by Crippen LogP contribution is 2.39. The van der Waals surface area contributed by atoms with E-state index in [2.05, 4.69) is 11.8 Å². The van der Waals surface area contributed by atoms with Crippen molar-refractivity contribution in [3.63, 3.8) is 0 Å². The molecule has 1 fully saturated rings. The summed E-state index contributed by atoms with van der Waals surface area (Å²) < 4.78 is 5.52. The van der Waals surface area contributed by atoms with E-state index in [0.717, 1.165) is 31.5 Å². The van der Waals surface area contributed by atoms with Crippen molar-refractivity contribution in [1.82, 2.24) is 4.90 Å². The maximum absolute atomic E-state index is 13.6. The Morgan fingerprint density at radius 1 is 1.00 bits per heavy atom. The predicted octanol–water partition coefficient (Wildman–Crippen LogP) is 4.02. The minimum atomic E-state index is -0.295. The molecule has 0 aromatic heterocycles. The molecule has 0 spiro atoms. The topological polar surface area (TPSA) is 49.9 Å². The van der Waals surface area contributed by atoms with Crippen LogP contribution >= 0.6 is 0 Å². The van der Waals surface area contributed by atoms with Gasteiger partial charge >= 0.3 is 0 Å². The highest BCUT2D eigenvalue weighted by atomic mass is 16.5. The smallest absolute Gasteiger partial charge is 0.282 e. The molecule has 5 heteroatoms. The van der Waals surface area contributed by atoms with Crippen molar-refractivity contribution in [3.8, 4) is 5.75 Å². The standard InChI is InChI=1S/C24H26N2O3/c1-16-10-12-18(13-11-16)26-23(27)21(19-8-4-5-9-20(19)29-3)22(24(26)28)25-14-6-7-17(2)15-25/h4-5,8-13,17H,6-7,14-15H2,1-3H3. The Morgan fingerprint density at radius 3 is 2.41 bits per heavy atom. The minimum Gasteiger partial charge on any atom is -0.496 e. The molecule has 2 heterocycles. The Morgan fingerprint density at radius 2 is 1.72 bits per heavy atom. The van der Waals surface area contributed by atoms with E-state index in [9.17, 15) is 9.59 Å². The summed E-state index contributed by atoms with van der Waals surface area (Å²) in [6, 6.07) is 14.9. The number of methoxy groups -OCH3 is 1. The second-order valence-electron chi connectivity index (χ2n) is 7.90. The zero-order valence-corrected chi connectivity index (χ0v) is 17.1. The van der Waals surface area contributed by atoms with Gasteiger partial charge in [-0.15, -0.1) is 0 Å². The average molecular weight is 390 g/mol. The molecule has 1 atom stereocenters. The minimum absolute atomic E-state index is 0.256. The molecule has 150 valence electrons. The van der Waals surface area contributed by atoms with Gasteiger partial charge in [-0.05, 0) is 43.9 Å². The summed E-state index contributed by atoms with van der Waals surface area (Å²) in [5.74, 6) is 0.522. The molecule has 2 amide bonds. The van der Waals surface area contributed by atoms with E-state index in [1.54, 1.807) is 7.11 Å². The maximum Gasteiger partial charge on any atom is 0.282 e.